The van der Waals surface area contributed by atoms with Gasteiger partial charge in [0.1, 0.15) is 10.3 Å². The summed E-state index contributed by atoms with van der Waals surface area (Å²) in [5.74, 6) is -0.327. The first-order valence-electron chi connectivity index (χ1n) is 7.43. The number of aromatic nitrogens is 1. The lowest BCUT2D eigenvalue weighted by Gasteiger charge is -2.21. The number of carbonyl (C=O) groups excluding carboxylic acids is 2. The van der Waals surface area contributed by atoms with Crippen LogP contribution >= 0.6 is 23.1 Å². The Balaban J connectivity index is 2.01. The number of aryl methyl sites for hydroxylation is 1. The average molecular weight is 345 g/mol. The normalized spacial score (nSPS) is 22.7. The number of carbonyl (C=O) groups is 2. The molecule has 2 aromatic rings. The van der Waals surface area contributed by atoms with Gasteiger partial charge >= 0.3 is 0 Å². The minimum atomic E-state index is -0.532. The predicted octanol–water partition coefficient (Wildman–Crippen LogP) is 2.29. The predicted molar refractivity (Wildman–Crippen MR) is 90.6 cm³/mol. The Kier molecular flexibility index (Phi) is 3.51. The standard InChI is InChI=1S/C16H15N3O2S2/c17-13-12-11(9-5-2-6-22-9)10-7(3-1-4-8(10)20)19-16(12)23-14(13)15(18)21/h2,5-6,13-14H,1,3-4,17H2,(H2,18,21). The third-order valence-electron chi connectivity index (χ3n) is 4.32. The van der Waals surface area contributed by atoms with Crippen molar-refractivity contribution in [1.29, 1.82) is 0 Å². The zero-order valence-corrected chi connectivity index (χ0v) is 13.9. The number of thioether (sulfide) groups is 1. The number of nitrogens with two attached hydrogens (primary N) is 2. The first kappa shape index (κ1) is 14.9. The van der Waals surface area contributed by atoms with E-state index >= 15 is 0 Å². The molecule has 2 aliphatic rings. The van der Waals surface area contributed by atoms with Crippen LogP contribution in [0, 0.1) is 0 Å². The van der Waals surface area contributed by atoms with Crippen molar-refractivity contribution in [3.05, 3.63) is 34.3 Å². The molecule has 0 radical (unpaired) electrons. The van der Waals surface area contributed by atoms with Crippen molar-refractivity contribution in [1.82, 2.24) is 4.98 Å². The van der Waals surface area contributed by atoms with E-state index in [0.717, 1.165) is 39.6 Å². The molecule has 3 heterocycles. The average Bonchev–Trinajstić information content (AvgIpc) is 3.14. The third kappa shape index (κ3) is 2.22. The molecule has 0 fully saturated rings. The smallest absolute Gasteiger partial charge is 0.232 e. The number of pyridine rings is 1. The number of ketones is 1. The molecule has 0 saturated carbocycles. The Bertz CT molecular complexity index is 817. The second-order valence-corrected chi connectivity index (χ2v) is 7.83. The van der Waals surface area contributed by atoms with Crippen LogP contribution in [-0.4, -0.2) is 21.9 Å². The van der Waals surface area contributed by atoms with Gasteiger partial charge in [-0.15, -0.1) is 11.3 Å². The van der Waals surface area contributed by atoms with Gasteiger partial charge in [0, 0.05) is 28.0 Å². The van der Waals surface area contributed by atoms with Gasteiger partial charge in [-0.2, -0.15) is 0 Å². The summed E-state index contributed by atoms with van der Waals surface area (Å²) in [4.78, 5) is 29.9. The molecular weight excluding hydrogens is 330 g/mol. The summed E-state index contributed by atoms with van der Waals surface area (Å²) in [6, 6.07) is 3.40. The Morgan fingerprint density at radius 2 is 2.13 bits per heavy atom. The highest BCUT2D eigenvalue weighted by Gasteiger charge is 2.40. The number of fused-ring (bicyclic) bond motifs is 2. The van der Waals surface area contributed by atoms with Crippen LogP contribution in [0.3, 0.4) is 0 Å². The molecule has 4 N–H and O–H groups in total. The maximum Gasteiger partial charge on any atom is 0.232 e. The quantitative estimate of drug-likeness (QED) is 0.870. The minimum Gasteiger partial charge on any atom is -0.369 e. The van der Waals surface area contributed by atoms with Gasteiger partial charge in [0.15, 0.2) is 5.78 Å². The van der Waals surface area contributed by atoms with Crippen molar-refractivity contribution in [3.8, 4) is 10.4 Å². The zero-order chi connectivity index (χ0) is 16.1. The minimum absolute atomic E-state index is 0.115. The van der Waals surface area contributed by atoms with E-state index in [0.29, 0.717) is 12.0 Å². The fourth-order valence-electron chi connectivity index (χ4n) is 3.30. The molecule has 4 rings (SSSR count). The van der Waals surface area contributed by atoms with Gasteiger partial charge in [-0.05, 0) is 24.3 Å². The van der Waals surface area contributed by atoms with Gasteiger partial charge in [0.2, 0.25) is 5.91 Å². The van der Waals surface area contributed by atoms with Crippen molar-refractivity contribution in [3.63, 3.8) is 0 Å². The fraction of sp³-hybridized carbons (Fsp3) is 0.312. The molecule has 118 valence electrons. The van der Waals surface area contributed by atoms with Gasteiger partial charge in [-0.3, -0.25) is 9.59 Å². The SMILES string of the molecule is NC(=O)C1Sc2nc3c(c(-c4cccs4)c2C1N)C(=O)CCC3. The van der Waals surface area contributed by atoms with E-state index in [9.17, 15) is 9.59 Å². The second-order valence-electron chi connectivity index (χ2n) is 5.75. The molecule has 23 heavy (non-hydrogen) atoms. The highest BCUT2D eigenvalue weighted by Crippen LogP contribution is 2.49. The number of hydrogen-bond acceptors (Lipinski definition) is 6. The van der Waals surface area contributed by atoms with Crippen molar-refractivity contribution in [2.75, 3.05) is 0 Å². The molecule has 2 atom stereocenters. The summed E-state index contributed by atoms with van der Waals surface area (Å²) >= 11 is 2.89. The summed E-state index contributed by atoms with van der Waals surface area (Å²) in [7, 11) is 0. The molecule has 0 saturated heterocycles. The summed E-state index contributed by atoms with van der Waals surface area (Å²) in [5, 5.41) is 2.19. The summed E-state index contributed by atoms with van der Waals surface area (Å²) in [5.41, 5.74) is 15.0. The van der Waals surface area contributed by atoms with Crippen LogP contribution in [0.4, 0.5) is 0 Å². The van der Waals surface area contributed by atoms with E-state index in [1.165, 1.54) is 11.8 Å². The van der Waals surface area contributed by atoms with Gasteiger partial charge < -0.3 is 11.5 Å². The number of rotatable bonds is 2. The van der Waals surface area contributed by atoms with Gasteiger partial charge in [0.05, 0.1) is 11.7 Å². The van der Waals surface area contributed by atoms with E-state index < -0.39 is 17.2 Å². The number of thiophene rings is 1. The van der Waals surface area contributed by atoms with E-state index in [1.807, 2.05) is 17.5 Å². The van der Waals surface area contributed by atoms with Crippen LogP contribution in [-0.2, 0) is 11.2 Å². The molecule has 0 bridgehead atoms. The van der Waals surface area contributed by atoms with Crippen molar-refractivity contribution < 1.29 is 9.59 Å². The lowest BCUT2D eigenvalue weighted by atomic mass is 9.86. The number of amides is 1. The molecule has 1 aliphatic heterocycles. The number of Topliss-reactive ketones (excluding diaryl/α,β-unsaturated/α-hetero) is 1. The zero-order valence-electron chi connectivity index (χ0n) is 12.2. The number of hydrogen-bond donors (Lipinski definition) is 2. The molecule has 2 aromatic heterocycles. The van der Waals surface area contributed by atoms with Crippen LogP contribution in [0.2, 0.25) is 0 Å². The van der Waals surface area contributed by atoms with E-state index in [-0.39, 0.29) is 5.78 Å². The van der Waals surface area contributed by atoms with Gasteiger partial charge in [-0.1, -0.05) is 17.8 Å². The van der Waals surface area contributed by atoms with E-state index in [1.54, 1.807) is 11.3 Å². The van der Waals surface area contributed by atoms with Crippen LogP contribution in [0.5, 0.6) is 0 Å². The third-order valence-corrected chi connectivity index (χ3v) is 6.52. The monoisotopic (exact) mass is 345 g/mol. The van der Waals surface area contributed by atoms with Crippen LogP contribution in [0.1, 0.15) is 40.5 Å². The second kappa shape index (κ2) is 5.43. The lowest BCUT2D eigenvalue weighted by molar-refractivity contribution is -0.117. The number of nitrogens with zero attached hydrogens (tertiary/aromatic N) is 1. The molecule has 1 amide bonds. The van der Waals surface area contributed by atoms with Crippen LogP contribution < -0.4 is 11.5 Å². The molecular formula is C16H15N3O2S2. The summed E-state index contributed by atoms with van der Waals surface area (Å²) in [6.07, 6.45) is 2.13. The maximum absolute atomic E-state index is 12.5. The molecule has 2 unspecified atom stereocenters. The van der Waals surface area contributed by atoms with Crippen molar-refractivity contribution >= 4 is 34.8 Å². The molecule has 0 spiro atoms. The Labute approximate surface area is 141 Å². The molecule has 0 aromatic carbocycles. The van der Waals surface area contributed by atoms with Crippen LogP contribution in [0.25, 0.3) is 10.4 Å². The van der Waals surface area contributed by atoms with Gasteiger partial charge in [-0.25, -0.2) is 4.98 Å². The largest absolute Gasteiger partial charge is 0.369 e. The van der Waals surface area contributed by atoms with E-state index in [4.69, 9.17) is 11.5 Å². The Morgan fingerprint density at radius 1 is 1.30 bits per heavy atom. The summed E-state index contributed by atoms with van der Waals surface area (Å²) in [6.45, 7) is 0. The highest BCUT2D eigenvalue weighted by molar-refractivity contribution is 8.01. The maximum atomic E-state index is 12.5. The fourth-order valence-corrected chi connectivity index (χ4v) is 5.26. The number of primary amides is 1. The summed E-state index contributed by atoms with van der Waals surface area (Å²) < 4.78 is 0. The molecule has 1 aliphatic carbocycles. The Morgan fingerprint density at radius 3 is 2.83 bits per heavy atom. The first-order valence-corrected chi connectivity index (χ1v) is 9.19. The van der Waals surface area contributed by atoms with Crippen molar-refractivity contribution in [2.24, 2.45) is 11.5 Å². The highest BCUT2D eigenvalue weighted by atomic mass is 32.2. The topological polar surface area (TPSA) is 99.1 Å². The van der Waals surface area contributed by atoms with Gasteiger partial charge in [0.25, 0.3) is 0 Å². The van der Waals surface area contributed by atoms with Crippen molar-refractivity contribution in [2.45, 2.75) is 35.6 Å². The first-order chi connectivity index (χ1) is 11.1. The van der Waals surface area contributed by atoms with Crippen LogP contribution in [0.15, 0.2) is 22.5 Å². The Hall–Kier alpha value is -1.70. The molecule has 7 heteroatoms. The lowest BCUT2D eigenvalue weighted by Crippen LogP contribution is -2.33. The van der Waals surface area contributed by atoms with E-state index in [2.05, 4.69) is 4.98 Å². The molecule has 5 nitrogen and oxygen atoms in total.